The number of aliphatic hydroxyl groups excluding tert-OH is 1. The quantitative estimate of drug-likeness (QED) is 0.885. The molecule has 2 aromatic rings. The van der Waals surface area contributed by atoms with E-state index in [1.165, 1.54) is 11.3 Å². The zero-order chi connectivity index (χ0) is 15.6. The molecule has 0 atom stereocenters. The summed E-state index contributed by atoms with van der Waals surface area (Å²) in [4.78, 5) is 0.594. The van der Waals surface area contributed by atoms with Crippen molar-refractivity contribution in [2.45, 2.75) is 25.3 Å². The van der Waals surface area contributed by atoms with Gasteiger partial charge in [-0.3, -0.25) is 4.72 Å². The van der Waals surface area contributed by atoms with Crippen LogP contribution < -0.4 is 9.46 Å². The summed E-state index contributed by atoms with van der Waals surface area (Å²) in [5, 5.41) is 11.0. The molecule has 0 radical (unpaired) electrons. The first kappa shape index (κ1) is 15.8. The lowest BCUT2D eigenvalue weighted by atomic mass is 10.2. The van der Waals surface area contributed by atoms with E-state index in [0.29, 0.717) is 21.9 Å². The summed E-state index contributed by atoms with van der Waals surface area (Å²) >= 11 is 1.23. The van der Waals surface area contributed by atoms with Crippen LogP contribution in [0.2, 0.25) is 0 Å². The minimum atomic E-state index is -3.73. The average molecular weight is 327 g/mol. The maximum atomic E-state index is 12.5. The van der Waals surface area contributed by atoms with Crippen LogP contribution in [0.3, 0.4) is 0 Å². The molecule has 0 saturated heterocycles. The molecule has 0 unspecified atom stereocenters. The molecule has 114 valence electrons. The predicted molar refractivity (Wildman–Crippen MR) is 83.5 cm³/mol. The molecule has 0 amide bonds. The summed E-state index contributed by atoms with van der Waals surface area (Å²) in [5.41, 5.74) is 1.88. The molecule has 0 aliphatic heterocycles. The van der Waals surface area contributed by atoms with E-state index in [2.05, 4.69) is 4.72 Å². The number of aryl methyl sites for hydroxylation is 2. The lowest BCUT2D eigenvalue weighted by Gasteiger charge is -2.12. The first-order valence-corrected chi connectivity index (χ1v) is 8.60. The molecule has 0 saturated carbocycles. The molecule has 0 aliphatic carbocycles. The first-order valence-electron chi connectivity index (χ1n) is 6.24. The lowest BCUT2D eigenvalue weighted by Crippen LogP contribution is -2.15. The second-order valence-electron chi connectivity index (χ2n) is 4.62. The van der Waals surface area contributed by atoms with E-state index in [0.717, 1.165) is 5.56 Å². The third-order valence-electron chi connectivity index (χ3n) is 3.08. The van der Waals surface area contributed by atoms with Gasteiger partial charge in [0.2, 0.25) is 0 Å². The molecule has 7 heteroatoms. The third-order valence-corrected chi connectivity index (χ3v) is 5.89. The number of rotatable bonds is 5. The highest BCUT2D eigenvalue weighted by molar-refractivity contribution is 7.93. The van der Waals surface area contributed by atoms with Gasteiger partial charge in [0.1, 0.15) is 10.6 Å². The summed E-state index contributed by atoms with van der Waals surface area (Å²) in [6, 6.07) is 5.11. The summed E-state index contributed by atoms with van der Waals surface area (Å²) < 4.78 is 32.7. The molecule has 0 bridgehead atoms. The van der Waals surface area contributed by atoms with Crippen molar-refractivity contribution in [2.75, 3.05) is 11.8 Å². The van der Waals surface area contributed by atoms with E-state index in [9.17, 15) is 13.5 Å². The normalized spacial score (nSPS) is 11.4. The molecule has 21 heavy (non-hydrogen) atoms. The topological polar surface area (TPSA) is 75.6 Å². The average Bonchev–Trinajstić information content (AvgIpc) is 2.82. The van der Waals surface area contributed by atoms with Crippen LogP contribution in [0.1, 0.15) is 16.0 Å². The maximum Gasteiger partial charge on any atom is 0.263 e. The van der Waals surface area contributed by atoms with Crippen LogP contribution in [0.4, 0.5) is 5.69 Å². The third kappa shape index (κ3) is 3.20. The highest BCUT2D eigenvalue weighted by atomic mass is 32.2. The second kappa shape index (κ2) is 6.05. The van der Waals surface area contributed by atoms with Crippen LogP contribution in [-0.4, -0.2) is 20.6 Å². The van der Waals surface area contributed by atoms with Gasteiger partial charge >= 0.3 is 0 Å². The van der Waals surface area contributed by atoms with Gasteiger partial charge in [-0.25, -0.2) is 8.42 Å². The van der Waals surface area contributed by atoms with Crippen molar-refractivity contribution in [3.63, 3.8) is 0 Å². The first-order chi connectivity index (χ1) is 9.89. The number of methoxy groups -OCH3 is 1. The highest BCUT2D eigenvalue weighted by Crippen LogP contribution is 2.30. The number of sulfonamides is 1. The van der Waals surface area contributed by atoms with E-state index in [1.807, 2.05) is 0 Å². The zero-order valence-electron chi connectivity index (χ0n) is 12.0. The fraction of sp³-hybridized carbons (Fsp3) is 0.286. The number of anilines is 1. The Morgan fingerprint density at radius 2 is 2.00 bits per heavy atom. The van der Waals surface area contributed by atoms with Crippen LogP contribution >= 0.6 is 11.3 Å². The van der Waals surface area contributed by atoms with E-state index in [1.54, 1.807) is 44.5 Å². The Labute approximate surface area is 128 Å². The summed E-state index contributed by atoms with van der Waals surface area (Å²) in [6.45, 7) is 3.22. The van der Waals surface area contributed by atoms with Crippen molar-refractivity contribution in [1.82, 2.24) is 0 Å². The number of nitrogens with one attached hydrogen (secondary N) is 1. The number of hydrogen-bond acceptors (Lipinski definition) is 5. The fourth-order valence-corrected chi connectivity index (χ4v) is 4.83. The molecule has 1 aromatic carbocycles. The Morgan fingerprint density at radius 3 is 2.57 bits per heavy atom. The minimum Gasteiger partial charge on any atom is -0.497 e. The van der Waals surface area contributed by atoms with E-state index >= 15 is 0 Å². The maximum absolute atomic E-state index is 12.5. The lowest BCUT2D eigenvalue weighted by molar-refractivity contribution is 0.282. The van der Waals surface area contributed by atoms with E-state index in [-0.39, 0.29) is 11.5 Å². The van der Waals surface area contributed by atoms with Gasteiger partial charge < -0.3 is 9.84 Å². The molecule has 1 heterocycles. The zero-order valence-corrected chi connectivity index (χ0v) is 13.6. The van der Waals surface area contributed by atoms with Gasteiger partial charge in [-0.15, -0.1) is 11.3 Å². The van der Waals surface area contributed by atoms with E-state index < -0.39 is 10.0 Å². The fourth-order valence-electron chi connectivity index (χ4n) is 2.03. The van der Waals surface area contributed by atoms with Crippen molar-refractivity contribution < 1.29 is 18.3 Å². The summed E-state index contributed by atoms with van der Waals surface area (Å²) in [5.74, 6) is 0.665. The Bertz CT molecular complexity index is 750. The van der Waals surface area contributed by atoms with Crippen molar-refractivity contribution in [2.24, 2.45) is 0 Å². The number of aliphatic hydroxyl groups is 1. The SMILES string of the molecule is COc1ccc(NS(=O)(=O)c2c(C)csc2CO)c(C)c1. The molecule has 2 N–H and O–H groups in total. The number of hydrogen-bond donors (Lipinski definition) is 2. The van der Waals surface area contributed by atoms with E-state index in [4.69, 9.17) is 4.74 Å². The predicted octanol–water partition coefficient (Wildman–Crippen LogP) is 2.67. The minimum absolute atomic E-state index is 0.158. The van der Waals surface area contributed by atoms with Crippen LogP contribution in [0, 0.1) is 13.8 Å². The number of thiophene rings is 1. The van der Waals surface area contributed by atoms with Gasteiger partial charge in [0.05, 0.1) is 24.3 Å². The number of benzene rings is 1. The smallest absolute Gasteiger partial charge is 0.263 e. The standard InChI is InChI=1S/C14H17NO4S2/c1-9-6-11(19-3)4-5-12(9)15-21(17,18)14-10(2)8-20-13(14)7-16/h4-6,8,15-16H,7H2,1-3H3. The Morgan fingerprint density at radius 1 is 1.29 bits per heavy atom. The molecule has 0 fully saturated rings. The molecule has 5 nitrogen and oxygen atoms in total. The highest BCUT2D eigenvalue weighted by Gasteiger charge is 2.23. The van der Waals surface area contributed by atoms with Crippen LogP contribution in [0.5, 0.6) is 5.75 Å². The summed E-state index contributed by atoms with van der Waals surface area (Å²) in [6.07, 6.45) is 0. The van der Waals surface area contributed by atoms with Crippen molar-refractivity contribution in [3.8, 4) is 5.75 Å². The van der Waals surface area contributed by atoms with Crippen molar-refractivity contribution in [3.05, 3.63) is 39.6 Å². The Hall–Kier alpha value is -1.57. The van der Waals surface area contributed by atoms with Gasteiger partial charge in [-0.05, 0) is 48.6 Å². The molecule has 1 aromatic heterocycles. The van der Waals surface area contributed by atoms with Crippen LogP contribution in [-0.2, 0) is 16.6 Å². The van der Waals surface area contributed by atoms with Crippen molar-refractivity contribution in [1.29, 1.82) is 0 Å². The van der Waals surface area contributed by atoms with Gasteiger partial charge in [-0.1, -0.05) is 0 Å². The molecule has 0 spiro atoms. The Kier molecular flexibility index (Phi) is 4.55. The molecular formula is C14H17NO4S2. The molecular weight excluding hydrogens is 310 g/mol. The Balaban J connectivity index is 2.40. The van der Waals surface area contributed by atoms with Crippen molar-refractivity contribution >= 4 is 27.0 Å². The van der Waals surface area contributed by atoms with Crippen LogP contribution in [0.15, 0.2) is 28.5 Å². The second-order valence-corrected chi connectivity index (χ2v) is 7.20. The largest absolute Gasteiger partial charge is 0.497 e. The van der Waals surface area contributed by atoms with Gasteiger partial charge in [0, 0.05) is 0 Å². The molecule has 2 rings (SSSR count). The van der Waals surface area contributed by atoms with Gasteiger partial charge in [0.25, 0.3) is 10.0 Å². The van der Waals surface area contributed by atoms with Gasteiger partial charge in [-0.2, -0.15) is 0 Å². The molecule has 0 aliphatic rings. The summed E-state index contributed by atoms with van der Waals surface area (Å²) in [7, 11) is -2.17. The van der Waals surface area contributed by atoms with Gasteiger partial charge in [0.15, 0.2) is 0 Å². The monoisotopic (exact) mass is 327 g/mol. The van der Waals surface area contributed by atoms with Crippen LogP contribution in [0.25, 0.3) is 0 Å². The number of ether oxygens (including phenoxy) is 1.